The molecule has 0 spiro atoms. The monoisotopic (exact) mass is 420 g/mol. The SMILES string of the molecule is O=C(N1CC[C@@H](n2cc(-c3ccccc3)nn2)C1)C1(c2ccc(Cl)cc2)CCCC1. The summed E-state index contributed by atoms with van der Waals surface area (Å²) in [6, 6.07) is 18.1. The van der Waals surface area contributed by atoms with Gasteiger partial charge in [-0.3, -0.25) is 4.79 Å². The maximum atomic E-state index is 13.7. The highest BCUT2D eigenvalue weighted by Crippen LogP contribution is 2.44. The van der Waals surface area contributed by atoms with E-state index in [1.165, 1.54) is 0 Å². The zero-order valence-corrected chi connectivity index (χ0v) is 17.6. The molecule has 1 amide bonds. The summed E-state index contributed by atoms with van der Waals surface area (Å²) in [7, 11) is 0. The minimum atomic E-state index is -0.406. The van der Waals surface area contributed by atoms with Crippen molar-refractivity contribution in [3.05, 3.63) is 71.4 Å². The van der Waals surface area contributed by atoms with Crippen molar-refractivity contribution >= 4 is 17.5 Å². The minimum absolute atomic E-state index is 0.169. The van der Waals surface area contributed by atoms with Gasteiger partial charge in [0.25, 0.3) is 0 Å². The summed E-state index contributed by atoms with van der Waals surface area (Å²) in [6.07, 6.45) is 6.91. The quantitative estimate of drug-likeness (QED) is 0.604. The lowest BCUT2D eigenvalue weighted by atomic mass is 9.77. The number of hydrogen-bond acceptors (Lipinski definition) is 3. The second kappa shape index (κ2) is 7.88. The Bertz CT molecular complexity index is 1020. The van der Waals surface area contributed by atoms with Crippen molar-refractivity contribution in [3.8, 4) is 11.3 Å². The van der Waals surface area contributed by atoms with Crippen LogP contribution in [0, 0.1) is 0 Å². The Labute approximate surface area is 181 Å². The molecule has 0 bridgehead atoms. The molecule has 5 nitrogen and oxygen atoms in total. The highest BCUT2D eigenvalue weighted by atomic mass is 35.5. The van der Waals surface area contributed by atoms with Crippen LogP contribution in [0.25, 0.3) is 11.3 Å². The number of halogens is 1. The lowest BCUT2D eigenvalue weighted by Crippen LogP contribution is -2.44. The highest BCUT2D eigenvalue weighted by Gasteiger charge is 2.46. The number of likely N-dealkylation sites (tertiary alicyclic amines) is 1. The van der Waals surface area contributed by atoms with Crippen molar-refractivity contribution in [1.82, 2.24) is 19.9 Å². The second-order valence-electron chi connectivity index (χ2n) is 8.44. The molecule has 5 rings (SSSR count). The van der Waals surface area contributed by atoms with Gasteiger partial charge in [-0.2, -0.15) is 0 Å². The number of rotatable bonds is 4. The van der Waals surface area contributed by atoms with Crippen molar-refractivity contribution in [2.75, 3.05) is 13.1 Å². The van der Waals surface area contributed by atoms with E-state index < -0.39 is 5.41 Å². The molecule has 0 unspecified atom stereocenters. The predicted molar refractivity (Wildman–Crippen MR) is 117 cm³/mol. The molecule has 1 aromatic heterocycles. The average Bonchev–Trinajstić information content (AvgIpc) is 3.55. The molecule has 6 heteroatoms. The minimum Gasteiger partial charge on any atom is -0.340 e. The molecule has 2 aromatic carbocycles. The van der Waals surface area contributed by atoms with Crippen molar-refractivity contribution in [2.45, 2.75) is 43.6 Å². The molecule has 30 heavy (non-hydrogen) atoms. The van der Waals surface area contributed by atoms with Gasteiger partial charge < -0.3 is 4.90 Å². The average molecular weight is 421 g/mol. The van der Waals surface area contributed by atoms with Crippen LogP contribution in [0.1, 0.15) is 43.7 Å². The molecule has 0 radical (unpaired) electrons. The van der Waals surface area contributed by atoms with Gasteiger partial charge in [-0.05, 0) is 37.0 Å². The predicted octanol–water partition coefficient (Wildman–Crippen LogP) is 4.88. The van der Waals surface area contributed by atoms with Crippen molar-refractivity contribution in [3.63, 3.8) is 0 Å². The summed E-state index contributed by atoms with van der Waals surface area (Å²) >= 11 is 6.09. The zero-order chi connectivity index (χ0) is 20.6. The summed E-state index contributed by atoms with van der Waals surface area (Å²) < 4.78 is 1.93. The molecule has 154 valence electrons. The van der Waals surface area contributed by atoms with Crippen LogP contribution in [-0.4, -0.2) is 38.9 Å². The normalized spacial score (nSPS) is 20.6. The van der Waals surface area contributed by atoms with Gasteiger partial charge >= 0.3 is 0 Å². The molecule has 2 aliphatic rings. The lowest BCUT2D eigenvalue weighted by molar-refractivity contribution is -0.136. The fourth-order valence-electron chi connectivity index (χ4n) is 5.01. The lowest BCUT2D eigenvalue weighted by Gasteiger charge is -2.33. The van der Waals surface area contributed by atoms with E-state index >= 15 is 0 Å². The van der Waals surface area contributed by atoms with Crippen molar-refractivity contribution < 1.29 is 4.79 Å². The summed E-state index contributed by atoms with van der Waals surface area (Å²) in [5.41, 5.74) is 2.62. The summed E-state index contributed by atoms with van der Waals surface area (Å²) in [6.45, 7) is 1.45. The van der Waals surface area contributed by atoms with Crippen LogP contribution < -0.4 is 0 Å². The van der Waals surface area contributed by atoms with Gasteiger partial charge in [0, 0.05) is 23.7 Å². The fraction of sp³-hybridized carbons (Fsp3) is 0.375. The van der Waals surface area contributed by atoms with E-state index in [1.807, 2.05) is 70.4 Å². The van der Waals surface area contributed by atoms with Crippen LogP contribution in [0.2, 0.25) is 5.02 Å². The fourth-order valence-corrected chi connectivity index (χ4v) is 5.14. The Morgan fingerprint density at radius 3 is 2.50 bits per heavy atom. The van der Waals surface area contributed by atoms with E-state index in [-0.39, 0.29) is 11.9 Å². The van der Waals surface area contributed by atoms with Crippen LogP contribution in [0.3, 0.4) is 0 Å². The van der Waals surface area contributed by atoms with E-state index in [1.54, 1.807) is 0 Å². The Morgan fingerprint density at radius 2 is 1.77 bits per heavy atom. The topological polar surface area (TPSA) is 51.0 Å². The van der Waals surface area contributed by atoms with E-state index in [2.05, 4.69) is 10.3 Å². The van der Waals surface area contributed by atoms with Gasteiger partial charge in [-0.15, -0.1) is 5.10 Å². The third kappa shape index (κ3) is 3.41. The van der Waals surface area contributed by atoms with Crippen LogP contribution in [0.4, 0.5) is 0 Å². The number of aromatic nitrogens is 3. The Morgan fingerprint density at radius 1 is 1.03 bits per heavy atom. The number of hydrogen-bond donors (Lipinski definition) is 0. The van der Waals surface area contributed by atoms with Crippen LogP contribution >= 0.6 is 11.6 Å². The smallest absolute Gasteiger partial charge is 0.233 e. The Balaban J connectivity index is 1.34. The Kier molecular flexibility index (Phi) is 5.07. The van der Waals surface area contributed by atoms with Crippen LogP contribution in [-0.2, 0) is 10.2 Å². The zero-order valence-electron chi connectivity index (χ0n) is 16.9. The number of carbonyl (C=O) groups excluding carboxylic acids is 1. The first-order valence-electron chi connectivity index (χ1n) is 10.7. The molecule has 1 saturated carbocycles. The van der Waals surface area contributed by atoms with Gasteiger partial charge in [0.05, 0.1) is 17.7 Å². The molecule has 1 saturated heterocycles. The molecular formula is C24H25ClN4O. The van der Waals surface area contributed by atoms with E-state index in [4.69, 9.17) is 11.6 Å². The summed E-state index contributed by atoms with van der Waals surface area (Å²) in [5, 5.41) is 9.42. The Hall–Kier alpha value is -2.66. The molecule has 3 aromatic rings. The standard InChI is InChI=1S/C24H25ClN4O/c25-20-10-8-19(9-11-20)24(13-4-5-14-24)23(30)28-15-12-21(16-28)29-17-22(26-27-29)18-6-2-1-3-7-18/h1-3,6-11,17,21H,4-5,12-16H2/t21-/m1/s1. The van der Waals surface area contributed by atoms with E-state index in [0.717, 1.165) is 55.5 Å². The molecule has 1 atom stereocenters. The van der Waals surface area contributed by atoms with Gasteiger partial charge in [-0.1, -0.05) is 72.1 Å². The van der Waals surface area contributed by atoms with Crippen molar-refractivity contribution in [2.24, 2.45) is 0 Å². The maximum absolute atomic E-state index is 13.7. The number of benzene rings is 2. The first kappa shape index (κ1) is 19.3. The number of carbonyl (C=O) groups is 1. The molecule has 1 aliphatic heterocycles. The number of nitrogens with zero attached hydrogens (tertiary/aromatic N) is 4. The van der Waals surface area contributed by atoms with E-state index in [9.17, 15) is 4.79 Å². The largest absolute Gasteiger partial charge is 0.340 e. The first-order valence-corrected chi connectivity index (χ1v) is 11.1. The summed E-state index contributed by atoms with van der Waals surface area (Å²) in [4.78, 5) is 15.7. The van der Waals surface area contributed by atoms with Gasteiger partial charge in [0.1, 0.15) is 5.69 Å². The van der Waals surface area contributed by atoms with Crippen LogP contribution in [0.5, 0.6) is 0 Å². The molecule has 2 heterocycles. The van der Waals surface area contributed by atoms with Gasteiger partial charge in [0.15, 0.2) is 0 Å². The first-order chi connectivity index (χ1) is 14.7. The van der Waals surface area contributed by atoms with Gasteiger partial charge in [-0.25, -0.2) is 4.68 Å². The molecule has 1 aliphatic carbocycles. The third-order valence-electron chi connectivity index (χ3n) is 6.67. The maximum Gasteiger partial charge on any atom is 0.233 e. The number of amides is 1. The van der Waals surface area contributed by atoms with Gasteiger partial charge in [0.2, 0.25) is 5.91 Å². The third-order valence-corrected chi connectivity index (χ3v) is 6.92. The summed E-state index contributed by atoms with van der Waals surface area (Å²) in [5.74, 6) is 0.258. The highest BCUT2D eigenvalue weighted by molar-refractivity contribution is 6.30. The van der Waals surface area contributed by atoms with E-state index in [0.29, 0.717) is 11.6 Å². The molecule has 2 fully saturated rings. The molecular weight excluding hydrogens is 396 g/mol. The molecule has 0 N–H and O–H groups in total. The second-order valence-corrected chi connectivity index (χ2v) is 8.88. The van der Waals surface area contributed by atoms with Crippen LogP contribution in [0.15, 0.2) is 60.8 Å². The van der Waals surface area contributed by atoms with Crippen molar-refractivity contribution in [1.29, 1.82) is 0 Å².